The molecule has 0 saturated heterocycles. The zero-order chi connectivity index (χ0) is 16.0. The smallest absolute Gasteiger partial charge is 0.203 e. The van der Waals surface area contributed by atoms with E-state index >= 15 is 0 Å². The minimum atomic E-state index is -0.633. The van der Waals surface area contributed by atoms with Gasteiger partial charge in [0.15, 0.2) is 11.5 Å². The summed E-state index contributed by atoms with van der Waals surface area (Å²) >= 11 is 0. The highest BCUT2D eigenvalue weighted by Crippen LogP contribution is 2.39. The van der Waals surface area contributed by atoms with E-state index in [-0.39, 0.29) is 12.2 Å². The molecule has 0 heterocycles. The lowest BCUT2D eigenvalue weighted by molar-refractivity contribution is -0.129. The number of ether oxygens (including phenoxy) is 3. The Morgan fingerprint density at radius 1 is 1.10 bits per heavy atom. The lowest BCUT2D eigenvalue weighted by Crippen LogP contribution is -2.27. The maximum Gasteiger partial charge on any atom is 0.203 e. The molecule has 5 heteroatoms. The summed E-state index contributed by atoms with van der Waals surface area (Å²) in [7, 11) is 4.63. The average Bonchev–Trinajstić information content (AvgIpc) is 2.45. The van der Waals surface area contributed by atoms with E-state index in [2.05, 4.69) is 0 Å². The van der Waals surface area contributed by atoms with E-state index in [1.54, 1.807) is 14.2 Å². The SMILES string of the molecule is COc1cc(CC(C)(C)C(=O)CC=O)cc(OC)c1OC. The Morgan fingerprint density at radius 3 is 2.00 bits per heavy atom. The summed E-state index contributed by atoms with van der Waals surface area (Å²) in [6.45, 7) is 3.64. The molecule has 0 N–H and O–H groups in total. The lowest BCUT2D eigenvalue weighted by Gasteiger charge is -2.23. The van der Waals surface area contributed by atoms with Crippen molar-refractivity contribution in [3.63, 3.8) is 0 Å². The van der Waals surface area contributed by atoms with Crippen LogP contribution in [0.4, 0.5) is 0 Å². The third kappa shape index (κ3) is 3.97. The van der Waals surface area contributed by atoms with Gasteiger partial charge in [-0.25, -0.2) is 0 Å². The van der Waals surface area contributed by atoms with E-state index in [1.807, 2.05) is 26.0 Å². The minimum Gasteiger partial charge on any atom is -0.493 e. The topological polar surface area (TPSA) is 61.8 Å². The van der Waals surface area contributed by atoms with E-state index in [0.29, 0.717) is 30.0 Å². The summed E-state index contributed by atoms with van der Waals surface area (Å²) in [4.78, 5) is 22.5. The lowest BCUT2D eigenvalue weighted by atomic mass is 9.80. The molecule has 21 heavy (non-hydrogen) atoms. The summed E-state index contributed by atoms with van der Waals surface area (Å²) in [5, 5.41) is 0. The van der Waals surface area contributed by atoms with E-state index in [9.17, 15) is 9.59 Å². The van der Waals surface area contributed by atoms with Gasteiger partial charge in [0.1, 0.15) is 12.1 Å². The third-order valence-corrected chi connectivity index (χ3v) is 3.39. The molecule has 1 rings (SSSR count). The van der Waals surface area contributed by atoms with Gasteiger partial charge < -0.3 is 19.0 Å². The first-order valence-corrected chi connectivity index (χ1v) is 6.65. The molecule has 0 bridgehead atoms. The van der Waals surface area contributed by atoms with Gasteiger partial charge in [-0.2, -0.15) is 0 Å². The van der Waals surface area contributed by atoms with Crippen molar-refractivity contribution in [3.05, 3.63) is 17.7 Å². The normalized spacial score (nSPS) is 10.9. The number of methoxy groups -OCH3 is 3. The van der Waals surface area contributed by atoms with Crippen LogP contribution in [-0.4, -0.2) is 33.4 Å². The highest BCUT2D eigenvalue weighted by molar-refractivity contribution is 5.93. The predicted octanol–water partition coefficient (Wildman–Crippen LogP) is 2.44. The molecule has 0 unspecified atom stereocenters. The van der Waals surface area contributed by atoms with Gasteiger partial charge in [-0.3, -0.25) is 4.79 Å². The summed E-state index contributed by atoms with van der Waals surface area (Å²) in [5.41, 5.74) is 0.250. The number of hydrogen-bond acceptors (Lipinski definition) is 5. The number of aldehydes is 1. The number of Topliss-reactive ketones (excluding diaryl/α,β-unsaturated/α-hetero) is 1. The Balaban J connectivity index is 3.14. The van der Waals surface area contributed by atoms with Crippen molar-refractivity contribution in [2.45, 2.75) is 26.7 Å². The van der Waals surface area contributed by atoms with Crippen molar-refractivity contribution >= 4 is 12.1 Å². The zero-order valence-electron chi connectivity index (χ0n) is 13.2. The number of ketones is 1. The van der Waals surface area contributed by atoms with E-state index in [1.165, 1.54) is 7.11 Å². The number of carbonyl (C=O) groups excluding carboxylic acids is 2. The molecular formula is C16H22O5. The number of benzene rings is 1. The standard InChI is InChI=1S/C16H22O5/c1-16(2,14(18)6-7-17)10-11-8-12(19-3)15(21-5)13(9-11)20-4/h7-9H,6,10H2,1-5H3. The monoisotopic (exact) mass is 294 g/mol. The van der Waals surface area contributed by atoms with Gasteiger partial charge in [-0.15, -0.1) is 0 Å². The second-order valence-corrected chi connectivity index (χ2v) is 5.39. The van der Waals surface area contributed by atoms with Crippen LogP contribution in [0, 0.1) is 5.41 Å². The zero-order valence-corrected chi connectivity index (χ0v) is 13.2. The molecule has 1 aromatic rings. The molecule has 116 valence electrons. The molecule has 0 aliphatic heterocycles. The molecule has 0 amide bonds. The van der Waals surface area contributed by atoms with Crippen LogP contribution in [0.2, 0.25) is 0 Å². The van der Waals surface area contributed by atoms with Crippen molar-refractivity contribution in [1.82, 2.24) is 0 Å². The van der Waals surface area contributed by atoms with Gasteiger partial charge >= 0.3 is 0 Å². The molecule has 0 aliphatic rings. The summed E-state index contributed by atoms with van der Waals surface area (Å²) in [5.74, 6) is 1.52. The van der Waals surface area contributed by atoms with Crippen LogP contribution in [0.1, 0.15) is 25.8 Å². The largest absolute Gasteiger partial charge is 0.493 e. The van der Waals surface area contributed by atoms with Crippen molar-refractivity contribution in [1.29, 1.82) is 0 Å². The highest BCUT2D eigenvalue weighted by atomic mass is 16.5. The Morgan fingerprint density at radius 2 is 1.62 bits per heavy atom. The third-order valence-electron chi connectivity index (χ3n) is 3.39. The first-order valence-electron chi connectivity index (χ1n) is 6.65. The fraction of sp³-hybridized carbons (Fsp3) is 0.500. The minimum absolute atomic E-state index is 0.0720. The fourth-order valence-electron chi connectivity index (χ4n) is 2.20. The molecule has 0 radical (unpaired) electrons. The molecule has 0 aromatic heterocycles. The number of rotatable bonds is 8. The molecule has 0 fully saturated rings. The second kappa shape index (κ2) is 7.11. The second-order valence-electron chi connectivity index (χ2n) is 5.39. The molecule has 1 aromatic carbocycles. The van der Waals surface area contributed by atoms with Crippen LogP contribution in [0.15, 0.2) is 12.1 Å². The summed E-state index contributed by atoms with van der Waals surface area (Å²) in [6.07, 6.45) is 1.05. The maximum atomic E-state index is 12.0. The van der Waals surface area contributed by atoms with Gasteiger partial charge in [0.25, 0.3) is 0 Å². The van der Waals surface area contributed by atoms with Crippen molar-refractivity contribution in [3.8, 4) is 17.2 Å². The van der Waals surface area contributed by atoms with Gasteiger partial charge in [0.2, 0.25) is 5.75 Å². The highest BCUT2D eigenvalue weighted by Gasteiger charge is 2.28. The molecule has 0 aliphatic carbocycles. The number of carbonyl (C=O) groups is 2. The Kier molecular flexibility index (Phi) is 5.76. The van der Waals surface area contributed by atoms with Crippen LogP contribution in [-0.2, 0) is 16.0 Å². The Hall–Kier alpha value is -2.04. The summed E-state index contributed by atoms with van der Waals surface area (Å²) < 4.78 is 15.9. The quantitative estimate of drug-likeness (QED) is 0.544. The van der Waals surface area contributed by atoms with Gasteiger partial charge in [-0.1, -0.05) is 13.8 Å². The molecule has 0 spiro atoms. The maximum absolute atomic E-state index is 12.0. The molecular weight excluding hydrogens is 272 g/mol. The van der Waals surface area contributed by atoms with Gasteiger partial charge in [0, 0.05) is 5.41 Å². The van der Waals surface area contributed by atoms with Crippen molar-refractivity contribution in [2.75, 3.05) is 21.3 Å². The fourth-order valence-corrected chi connectivity index (χ4v) is 2.20. The average molecular weight is 294 g/mol. The first-order chi connectivity index (χ1) is 9.89. The Labute approximate surface area is 125 Å². The summed E-state index contributed by atoms with van der Waals surface area (Å²) in [6, 6.07) is 3.63. The van der Waals surface area contributed by atoms with E-state index in [4.69, 9.17) is 14.2 Å². The van der Waals surface area contributed by atoms with Crippen LogP contribution < -0.4 is 14.2 Å². The van der Waals surface area contributed by atoms with Gasteiger partial charge in [-0.05, 0) is 24.1 Å². The van der Waals surface area contributed by atoms with Gasteiger partial charge in [0.05, 0.1) is 27.8 Å². The molecule has 0 atom stereocenters. The van der Waals surface area contributed by atoms with E-state index in [0.717, 1.165) is 5.56 Å². The number of hydrogen-bond donors (Lipinski definition) is 0. The van der Waals surface area contributed by atoms with Crippen LogP contribution >= 0.6 is 0 Å². The first kappa shape index (κ1) is 17.0. The van der Waals surface area contributed by atoms with Crippen molar-refractivity contribution < 1.29 is 23.8 Å². The van der Waals surface area contributed by atoms with Crippen molar-refractivity contribution in [2.24, 2.45) is 5.41 Å². The van der Waals surface area contributed by atoms with Crippen LogP contribution in [0.5, 0.6) is 17.2 Å². The molecule has 0 saturated carbocycles. The van der Waals surface area contributed by atoms with Crippen LogP contribution in [0.25, 0.3) is 0 Å². The van der Waals surface area contributed by atoms with E-state index < -0.39 is 5.41 Å². The predicted molar refractivity (Wildman–Crippen MR) is 79.3 cm³/mol. The van der Waals surface area contributed by atoms with Crippen LogP contribution in [0.3, 0.4) is 0 Å². The Bertz CT molecular complexity index is 494. The molecule has 5 nitrogen and oxygen atoms in total.